The van der Waals surface area contributed by atoms with Gasteiger partial charge in [0.25, 0.3) is 5.91 Å². The number of hydrogen-bond acceptors (Lipinski definition) is 3. The summed E-state index contributed by atoms with van der Waals surface area (Å²) in [6, 6.07) is 23.4. The first-order valence-electron chi connectivity index (χ1n) is 10.2. The molecule has 3 aromatic carbocycles. The lowest BCUT2D eigenvalue weighted by Crippen LogP contribution is -2.29. The summed E-state index contributed by atoms with van der Waals surface area (Å²) in [4.78, 5) is 27.8. The third-order valence-electron chi connectivity index (χ3n) is 5.54. The van der Waals surface area contributed by atoms with Crippen molar-refractivity contribution in [2.45, 2.75) is 13.0 Å². The molecule has 2 heterocycles. The number of rotatable bonds is 4. The number of thiophene rings is 1. The highest BCUT2D eigenvalue weighted by molar-refractivity contribution is 7.12. The lowest BCUT2D eigenvalue weighted by atomic mass is 10.0. The van der Waals surface area contributed by atoms with Crippen LogP contribution < -0.4 is 15.5 Å². The van der Waals surface area contributed by atoms with Crippen LogP contribution >= 0.6 is 11.3 Å². The van der Waals surface area contributed by atoms with Crippen molar-refractivity contribution in [1.29, 1.82) is 0 Å². The summed E-state index contributed by atoms with van der Waals surface area (Å²) in [5.41, 5.74) is 3.71. The molecular formula is C25H21N3O2S. The van der Waals surface area contributed by atoms with Crippen LogP contribution in [0.2, 0.25) is 0 Å². The Morgan fingerprint density at radius 2 is 1.84 bits per heavy atom. The minimum Gasteiger partial charge on any atom is -0.334 e. The molecule has 5 nitrogen and oxygen atoms in total. The van der Waals surface area contributed by atoms with Crippen LogP contribution in [0.3, 0.4) is 0 Å². The second-order valence-electron chi connectivity index (χ2n) is 7.47. The smallest absolute Gasteiger partial charge is 0.319 e. The van der Waals surface area contributed by atoms with Crippen molar-refractivity contribution in [3.05, 3.63) is 94.2 Å². The molecule has 1 aromatic heterocycles. The number of nitrogens with zero attached hydrogens (tertiary/aromatic N) is 1. The van der Waals surface area contributed by atoms with Gasteiger partial charge >= 0.3 is 6.03 Å². The summed E-state index contributed by atoms with van der Waals surface area (Å²) in [6.45, 7) is 1.09. The van der Waals surface area contributed by atoms with Crippen LogP contribution in [0.4, 0.5) is 16.2 Å². The van der Waals surface area contributed by atoms with Gasteiger partial charge in [-0.3, -0.25) is 4.79 Å². The van der Waals surface area contributed by atoms with Crippen molar-refractivity contribution in [2.75, 3.05) is 16.8 Å². The van der Waals surface area contributed by atoms with Crippen LogP contribution in [0.5, 0.6) is 0 Å². The highest BCUT2D eigenvalue weighted by atomic mass is 32.1. The predicted molar refractivity (Wildman–Crippen MR) is 126 cm³/mol. The van der Waals surface area contributed by atoms with Gasteiger partial charge in [-0.15, -0.1) is 11.3 Å². The molecule has 0 saturated carbocycles. The molecule has 154 valence electrons. The highest BCUT2D eigenvalue weighted by Gasteiger charge is 2.26. The van der Waals surface area contributed by atoms with Crippen LogP contribution in [-0.2, 0) is 13.0 Å². The molecule has 31 heavy (non-hydrogen) atoms. The van der Waals surface area contributed by atoms with Crippen molar-refractivity contribution in [1.82, 2.24) is 5.32 Å². The van der Waals surface area contributed by atoms with Gasteiger partial charge in [0.05, 0.1) is 4.88 Å². The van der Waals surface area contributed by atoms with E-state index in [1.807, 2.05) is 60.0 Å². The molecule has 0 radical (unpaired) electrons. The molecule has 3 amide bonds. The summed E-state index contributed by atoms with van der Waals surface area (Å²) >= 11 is 1.44. The molecule has 0 aliphatic carbocycles. The Morgan fingerprint density at radius 1 is 0.968 bits per heavy atom. The number of benzene rings is 3. The average molecular weight is 428 g/mol. The molecule has 4 aromatic rings. The van der Waals surface area contributed by atoms with Crippen LogP contribution in [0, 0.1) is 0 Å². The van der Waals surface area contributed by atoms with E-state index < -0.39 is 0 Å². The topological polar surface area (TPSA) is 61.4 Å². The van der Waals surface area contributed by atoms with Crippen molar-refractivity contribution in [2.24, 2.45) is 0 Å². The van der Waals surface area contributed by atoms with E-state index >= 15 is 0 Å². The molecule has 2 N–H and O–H groups in total. The number of carbonyl (C=O) groups is 2. The fraction of sp³-hybridized carbons (Fsp3) is 0.120. The molecular weight excluding hydrogens is 406 g/mol. The lowest BCUT2D eigenvalue weighted by Gasteiger charge is -2.17. The maximum Gasteiger partial charge on any atom is 0.319 e. The maximum absolute atomic E-state index is 12.8. The van der Waals surface area contributed by atoms with Crippen molar-refractivity contribution >= 4 is 45.4 Å². The van der Waals surface area contributed by atoms with E-state index in [1.165, 1.54) is 11.3 Å². The van der Waals surface area contributed by atoms with E-state index in [0.717, 1.165) is 38.9 Å². The monoisotopic (exact) mass is 427 g/mol. The summed E-state index contributed by atoms with van der Waals surface area (Å²) in [5.74, 6) is 0.00584. The first-order chi connectivity index (χ1) is 15.2. The number of amides is 3. The van der Waals surface area contributed by atoms with Crippen molar-refractivity contribution in [3.8, 4) is 0 Å². The lowest BCUT2D eigenvalue weighted by molar-refractivity contribution is 0.0993. The van der Waals surface area contributed by atoms with E-state index in [1.54, 1.807) is 4.90 Å². The third kappa shape index (κ3) is 3.90. The molecule has 0 spiro atoms. The zero-order chi connectivity index (χ0) is 21.2. The van der Waals surface area contributed by atoms with Crippen molar-refractivity contribution < 1.29 is 9.59 Å². The highest BCUT2D eigenvalue weighted by Crippen LogP contribution is 2.32. The molecule has 0 saturated heterocycles. The average Bonchev–Trinajstić information content (AvgIpc) is 3.47. The number of hydrogen-bond donors (Lipinski definition) is 2. The minimum atomic E-state index is -0.276. The standard InChI is InChI=1S/C25H21N3O2S/c29-24(23-9-4-14-31-23)28-13-12-18-10-11-20(15-22(18)28)27-25(30)26-16-19-7-3-6-17-5-1-2-8-21(17)19/h1-11,14-15H,12-13,16H2,(H2,26,27,30). The number of nitrogens with one attached hydrogen (secondary N) is 2. The largest absolute Gasteiger partial charge is 0.334 e. The molecule has 0 atom stereocenters. The quantitative estimate of drug-likeness (QED) is 0.456. The van der Waals surface area contributed by atoms with Gasteiger partial charge in [0.15, 0.2) is 0 Å². The van der Waals surface area contributed by atoms with E-state index in [-0.39, 0.29) is 11.9 Å². The second kappa shape index (κ2) is 8.24. The van der Waals surface area contributed by atoms with Crippen LogP contribution in [0.25, 0.3) is 10.8 Å². The SMILES string of the molecule is O=C(NCc1cccc2ccccc12)Nc1ccc2c(c1)N(C(=O)c1cccs1)CC2. The number of urea groups is 1. The minimum absolute atomic E-state index is 0.00584. The summed E-state index contributed by atoms with van der Waals surface area (Å²) in [5, 5.41) is 10.0. The molecule has 1 aliphatic heterocycles. The number of anilines is 2. The maximum atomic E-state index is 12.8. The van der Waals surface area contributed by atoms with Crippen LogP contribution in [0.1, 0.15) is 20.8 Å². The van der Waals surface area contributed by atoms with Gasteiger partial charge in [0.2, 0.25) is 0 Å². The molecule has 5 rings (SSSR count). The van der Waals surface area contributed by atoms with Gasteiger partial charge in [-0.1, -0.05) is 54.6 Å². The van der Waals surface area contributed by atoms with Gasteiger partial charge in [-0.05, 0) is 51.9 Å². The molecule has 6 heteroatoms. The van der Waals surface area contributed by atoms with Gasteiger partial charge in [-0.2, -0.15) is 0 Å². The van der Waals surface area contributed by atoms with E-state index in [4.69, 9.17) is 0 Å². The number of carbonyl (C=O) groups excluding carboxylic acids is 2. The van der Waals surface area contributed by atoms with E-state index in [0.29, 0.717) is 18.8 Å². The summed E-state index contributed by atoms with van der Waals surface area (Å²) in [6.07, 6.45) is 0.819. The Morgan fingerprint density at radius 3 is 2.71 bits per heavy atom. The Labute approximate surface area is 184 Å². The molecule has 1 aliphatic rings. The summed E-state index contributed by atoms with van der Waals surface area (Å²) in [7, 11) is 0. The second-order valence-corrected chi connectivity index (χ2v) is 8.42. The zero-order valence-corrected chi connectivity index (χ0v) is 17.6. The van der Waals surface area contributed by atoms with Gasteiger partial charge in [-0.25, -0.2) is 4.79 Å². The Balaban J connectivity index is 1.28. The van der Waals surface area contributed by atoms with Crippen LogP contribution in [0.15, 0.2) is 78.2 Å². The van der Waals surface area contributed by atoms with Gasteiger partial charge < -0.3 is 15.5 Å². The van der Waals surface area contributed by atoms with Crippen molar-refractivity contribution in [3.63, 3.8) is 0 Å². The molecule has 0 bridgehead atoms. The third-order valence-corrected chi connectivity index (χ3v) is 6.39. The first-order valence-corrected chi connectivity index (χ1v) is 11.1. The number of fused-ring (bicyclic) bond motifs is 2. The first kappa shape index (κ1) is 19.3. The molecule has 0 unspecified atom stereocenters. The zero-order valence-electron chi connectivity index (χ0n) is 16.8. The Kier molecular flexibility index (Phi) is 5.14. The Bertz CT molecular complexity index is 1260. The van der Waals surface area contributed by atoms with E-state index in [9.17, 15) is 9.59 Å². The normalized spacial score (nSPS) is 12.6. The van der Waals surface area contributed by atoms with Gasteiger partial charge in [0.1, 0.15) is 0 Å². The van der Waals surface area contributed by atoms with E-state index in [2.05, 4.69) is 28.8 Å². The fourth-order valence-corrected chi connectivity index (χ4v) is 4.67. The molecule has 0 fully saturated rings. The fourth-order valence-electron chi connectivity index (χ4n) is 4.00. The van der Waals surface area contributed by atoms with Gasteiger partial charge in [0, 0.05) is 24.5 Å². The summed E-state index contributed by atoms with van der Waals surface area (Å²) < 4.78 is 0. The van der Waals surface area contributed by atoms with Crippen LogP contribution in [-0.4, -0.2) is 18.5 Å². The Hall–Kier alpha value is -3.64. The predicted octanol–water partition coefficient (Wildman–Crippen LogP) is 5.43.